The zero-order valence-corrected chi connectivity index (χ0v) is 16.7. The van der Waals surface area contributed by atoms with Crippen LogP contribution in [0.2, 0.25) is 5.02 Å². The molecule has 0 N–H and O–H groups in total. The van der Waals surface area contributed by atoms with Gasteiger partial charge in [0.2, 0.25) is 5.12 Å². The van der Waals surface area contributed by atoms with Crippen molar-refractivity contribution in [1.29, 1.82) is 0 Å². The normalized spacial score (nSPS) is 11.9. The number of thiophene rings is 1. The highest BCUT2D eigenvalue weighted by Crippen LogP contribution is 2.38. The SMILES string of the molecule is CSc1sc(C(=O)Sc2ccc(Cl)cc2)cc1S(=O)(=O)C(C)C. The first-order valence-corrected chi connectivity index (χ1v) is 11.4. The van der Waals surface area contributed by atoms with E-state index in [1.807, 2.05) is 6.26 Å². The van der Waals surface area contributed by atoms with Crippen LogP contribution in [0.5, 0.6) is 0 Å². The van der Waals surface area contributed by atoms with Gasteiger partial charge < -0.3 is 0 Å². The van der Waals surface area contributed by atoms with E-state index in [1.54, 1.807) is 38.1 Å². The number of rotatable bonds is 5. The lowest BCUT2D eigenvalue weighted by Gasteiger charge is -2.06. The quantitative estimate of drug-likeness (QED) is 0.635. The molecular weight excluding hydrogens is 392 g/mol. The second-order valence-electron chi connectivity index (χ2n) is 4.90. The van der Waals surface area contributed by atoms with E-state index in [0.717, 1.165) is 16.7 Å². The Morgan fingerprint density at radius 1 is 1.22 bits per heavy atom. The predicted octanol–water partition coefficient (Wildman–Crippen LogP) is 5.24. The van der Waals surface area contributed by atoms with Gasteiger partial charge >= 0.3 is 0 Å². The minimum Gasteiger partial charge on any atom is -0.280 e. The number of thioether (sulfide) groups is 2. The molecule has 1 aromatic carbocycles. The van der Waals surface area contributed by atoms with Crippen LogP contribution >= 0.6 is 46.5 Å². The molecule has 0 aliphatic heterocycles. The fourth-order valence-corrected chi connectivity index (χ4v) is 6.39. The highest BCUT2D eigenvalue weighted by molar-refractivity contribution is 8.14. The summed E-state index contributed by atoms with van der Waals surface area (Å²) in [5.74, 6) is 0. The first-order chi connectivity index (χ1) is 10.8. The maximum Gasteiger partial charge on any atom is 0.234 e. The van der Waals surface area contributed by atoms with E-state index in [9.17, 15) is 13.2 Å². The molecule has 2 aromatic rings. The molecule has 0 radical (unpaired) electrons. The molecule has 0 bridgehead atoms. The second-order valence-corrected chi connectivity index (χ2v) is 11.0. The van der Waals surface area contributed by atoms with E-state index in [-0.39, 0.29) is 10.0 Å². The molecule has 1 aromatic heterocycles. The molecule has 124 valence electrons. The van der Waals surface area contributed by atoms with Gasteiger partial charge in [0, 0.05) is 9.92 Å². The molecule has 0 spiro atoms. The molecule has 0 unspecified atom stereocenters. The lowest BCUT2D eigenvalue weighted by atomic mass is 10.4. The summed E-state index contributed by atoms with van der Waals surface area (Å²) in [6.07, 6.45) is 1.81. The lowest BCUT2D eigenvalue weighted by Crippen LogP contribution is -2.13. The third-order valence-corrected chi connectivity index (χ3v) is 9.00. The molecule has 0 saturated carbocycles. The van der Waals surface area contributed by atoms with Crippen molar-refractivity contribution in [1.82, 2.24) is 0 Å². The van der Waals surface area contributed by atoms with Gasteiger partial charge in [-0.25, -0.2) is 8.42 Å². The first kappa shape index (κ1) is 18.9. The maximum atomic E-state index is 12.4. The summed E-state index contributed by atoms with van der Waals surface area (Å²) < 4.78 is 25.5. The number of benzene rings is 1. The van der Waals surface area contributed by atoms with Crippen LogP contribution in [0.4, 0.5) is 0 Å². The molecule has 3 nitrogen and oxygen atoms in total. The minimum atomic E-state index is -3.40. The Balaban J connectivity index is 2.32. The molecule has 0 aliphatic carbocycles. The summed E-state index contributed by atoms with van der Waals surface area (Å²) in [5, 5.41) is -0.0828. The van der Waals surface area contributed by atoms with Crippen molar-refractivity contribution in [2.75, 3.05) is 6.26 Å². The van der Waals surface area contributed by atoms with Crippen LogP contribution in [-0.4, -0.2) is 25.0 Å². The van der Waals surface area contributed by atoms with Gasteiger partial charge in [0.05, 0.1) is 19.2 Å². The Morgan fingerprint density at radius 2 is 1.83 bits per heavy atom. The number of sulfone groups is 1. The van der Waals surface area contributed by atoms with Gasteiger partial charge in [-0.3, -0.25) is 4.79 Å². The van der Waals surface area contributed by atoms with Gasteiger partial charge in [0.25, 0.3) is 0 Å². The van der Waals surface area contributed by atoms with Crippen molar-refractivity contribution in [2.24, 2.45) is 0 Å². The standard InChI is InChI=1S/C15H15ClO3S4/c1-9(2)23(18,19)13-8-12(22-15(13)20-3)14(17)21-11-6-4-10(16)5-7-11/h4-9H,1-3H3. The van der Waals surface area contributed by atoms with Crippen LogP contribution in [0.3, 0.4) is 0 Å². The van der Waals surface area contributed by atoms with Gasteiger partial charge in [-0.2, -0.15) is 0 Å². The van der Waals surface area contributed by atoms with Crippen molar-refractivity contribution < 1.29 is 13.2 Å². The number of halogens is 1. The highest BCUT2D eigenvalue weighted by atomic mass is 35.5. The predicted molar refractivity (Wildman–Crippen MR) is 100 cm³/mol. The van der Waals surface area contributed by atoms with E-state index >= 15 is 0 Å². The zero-order chi connectivity index (χ0) is 17.2. The van der Waals surface area contributed by atoms with Crippen LogP contribution in [0.1, 0.15) is 23.5 Å². The van der Waals surface area contributed by atoms with Crippen molar-refractivity contribution in [3.05, 3.63) is 40.2 Å². The van der Waals surface area contributed by atoms with Crippen molar-refractivity contribution >= 4 is 61.4 Å². The summed E-state index contributed by atoms with van der Waals surface area (Å²) in [6, 6.07) is 8.46. The number of carbonyl (C=O) groups is 1. The van der Waals surface area contributed by atoms with E-state index in [0.29, 0.717) is 14.1 Å². The molecule has 23 heavy (non-hydrogen) atoms. The van der Waals surface area contributed by atoms with E-state index in [2.05, 4.69) is 0 Å². The molecule has 1 heterocycles. The molecule has 0 saturated heterocycles. The van der Waals surface area contributed by atoms with E-state index < -0.39 is 15.1 Å². The van der Waals surface area contributed by atoms with Crippen LogP contribution < -0.4 is 0 Å². The lowest BCUT2D eigenvalue weighted by molar-refractivity contribution is 0.109. The number of hydrogen-bond donors (Lipinski definition) is 0. The van der Waals surface area contributed by atoms with Gasteiger partial charge in [-0.05, 0) is 62.2 Å². The third kappa shape index (κ3) is 4.33. The summed E-state index contributed by atoms with van der Waals surface area (Å²) in [5.41, 5.74) is 0. The van der Waals surface area contributed by atoms with E-state index in [4.69, 9.17) is 11.6 Å². The van der Waals surface area contributed by atoms with Gasteiger partial charge in [-0.1, -0.05) is 11.6 Å². The Kier molecular flexibility index (Phi) is 6.24. The molecule has 8 heteroatoms. The fraction of sp³-hybridized carbons (Fsp3) is 0.267. The van der Waals surface area contributed by atoms with Gasteiger partial charge in [0.15, 0.2) is 9.84 Å². The summed E-state index contributed by atoms with van der Waals surface area (Å²) in [6.45, 7) is 3.28. The third-order valence-electron chi connectivity index (χ3n) is 3.00. The smallest absolute Gasteiger partial charge is 0.234 e. The van der Waals surface area contributed by atoms with Crippen LogP contribution in [0.15, 0.2) is 44.3 Å². The van der Waals surface area contributed by atoms with Crippen molar-refractivity contribution in [3.8, 4) is 0 Å². The van der Waals surface area contributed by atoms with Crippen LogP contribution in [0, 0.1) is 0 Å². The van der Waals surface area contributed by atoms with Gasteiger partial charge in [-0.15, -0.1) is 23.1 Å². The average molecular weight is 407 g/mol. The average Bonchev–Trinajstić information content (AvgIpc) is 2.94. The van der Waals surface area contributed by atoms with Crippen LogP contribution in [-0.2, 0) is 9.84 Å². The second kappa shape index (κ2) is 7.61. The summed E-state index contributed by atoms with van der Waals surface area (Å²) in [7, 11) is -3.40. The Bertz CT molecular complexity index is 808. The Hall–Kier alpha value is -0.470. The fourth-order valence-electron chi connectivity index (χ4n) is 1.71. The zero-order valence-electron chi connectivity index (χ0n) is 12.7. The van der Waals surface area contributed by atoms with Gasteiger partial charge in [0.1, 0.15) is 0 Å². The number of carbonyl (C=O) groups excluding carboxylic acids is 1. The Morgan fingerprint density at radius 3 is 2.35 bits per heavy atom. The molecule has 0 aliphatic rings. The summed E-state index contributed by atoms with van der Waals surface area (Å²) in [4.78, 5) is 13.9. The monoisotopic (exact) mass is 406 g/mol. The topological polar surface area (TPSA) is 51.2 Å². The number of hydrogen-bond acceptors (Lipinski definition) is 6. The largest absolute Gasteiger partial charge is 0.280 e. The van der Waals surface area contributed by atoms with E-state index in [1.165, 1.54) is 29.2 Å². The molecular formula is C15H15ClO3S4. The first-order valence-electron chi connectivity index (χ1n) is 6.65. The Labute approximate surface area is 153 Å². The molecule has 0 fully saturated rings. The molecule has 0 amide bonds. The molecule has 0 atom stereocenters. The maximum absolute atomic E-state index is 12.4. The van der Waals surface area contributed by atoms with Crippen molar-refractivity contribution in [3.63, 3.8) is 0 Å². The summed E-state index contributed by atoms with van der Waals surface area (Å²) >= 11 is 9.46. The van der Waals surface area contributed by atoms with Crippen molar-refractivity contribution in [2.45, 2.75) is 33.1 Å². The molecule has 2 rings (SSSR count). The minimum absolute atomic E-state index is 0.169. The van der Waals surface area contributed by atoms with Crippen LogP contribution in [0.25, 0.3) is 0 Å². The highest BCUT2D eigenvalue weighted by Gasteiger charge is 2.27.